The Morgan fingerprint density at radius 3 is 2.54 bits per heavy atom. The number of aromatic nitrogens is 3. The van der Waals surface area contributed by atoms with Crippen molar-refractivity contribution in [3.8, 4) is 11.5 Å². The Hall–Kier alpha value is -2.18. The largest absolute Gasteiger partial charge is 0.372 e. The van der Waals surface area contributed by atoms with Crippen molar-refractivity contribution >= 4 is 28.3 Å². The molecule has 3 heterocycles. The molecule has 1 fully saturated rings. The summed E-state index contributed by atoms with van der Waals surface area (Å²) < 4.78 is 11.3. The van der Waals surface area contributed by atoms with E-state index >= 15 is 0 Å². The molecule has 1 aromatic carbocycles. The minimum Gasteiger partial charge on any atom is -0.372 e. The van der Waals surface area contributed by atoms with Crippen molar-refractivity contribution in [2.24, 2.45) is 0 Å². The second-order valence-corrected chi connectivity index (χ2v) is 6.42. The van der Waals surface area contributed by atoms with Crippen LogP contribution in [-0.4, -0.2) is 40.4 Å². The zero-order valence-corrected chi connectivity index (χ0v) is 14.2. The van der Waals surface area contributed by atoms with Gasteiger partial charge in [-0.25, -0.2) is 9.97 Å². The molecule has 0 N–H and O–H groups in total. The zero-order chi connectivity index (χ0) is 16.7. The van der Waals surface area contributed by atoms with Crippen molar-refractivity contribution in [1.29, 1.82) is 0 Å². The average Bonchev–Trinajstić information content (AvgIpc) is 3.00. The van der Waals surface area contributed by atoms with Gasteiger partial charge in [-0.05, 0) is 32.0 Å². The number of anilines is 1. The third-order valence-corrected chi connectivity index (χ3v) is 4.46. The van der Waals surface area contributed by atoms with Crippen molar-refractivity contribution < 1.29 is 9.26 Å². The summed E-state index contributed by atoms with van der Waals surface area (Å²) in [6.45, 7) is 5.71. The molecule has 7 heteroatoms. The van der Waals surface area contributed by atoms with E-state index in [1.165, 1.54) is 0 Å². The molecule has 0 aliphatic carbocycles. The molecule has 1 aliphatic rings. The van der Waals surface area contributed by atoms with Crippen LogP contribution < -0.4 is 4.90 Å². The number of benzene rings is 1. The summed E-state index contributed by atoms with van der Waals surface area (Å²) >= 11 is 6.61. The van der Waals surface area contributed by atoms with Crippen LogP contribution in [0.15, 0.2) is 35.1 Å². The highest BCUT2D eigenvalue weighted by atomic mass is 35.5. The average molecular weight is 345 g/mol. The lowest BCUT2D eigenvalue weighted by molar-refractivity contribution is -0.00520. The predicted molar refractivity (Wildman–Crippen MR) is 92.3 cm³/mol. The topological polar surface area (TPSA) is 64.3 Å². The summed E-state index contributed by atoms with van der Waals surface area (Å²) in [4.78, 5) is 10.7. The van der Waals surface area contributed by atoms with E-state index in [1.54, 1.807) is 18.5 Å². The minimum absolute atomic E-state index is 0.156. The SMILES string of the molecule is C[C@@H]1CN(c2ccc3c(-c4ncccn4)noc3c2Cl)C[C@H](C)O1. The maximum atomic E-state index is 6.61. The number of rotatable bonds is 2. The molecule has 0 amide bonds. The van der Waals surface area contributed by atoms with Gasteiger partial charge in [-0.2, -0.15) is 0 Å². The van der Waals surface area contributed by atoms with Crippen LogP contribution in [0.5, 0.6) is 0 Å². The van der Waals surface area contributed by atoms with Gasteiger partial charge in [0.2, 0.25) is 0 Å². The normalized spacial score (nSPS) is 21.4. The maximum absolute atomic E-state index is 6.61. The van der Waals surface area contributed by atoms with Gasteiger partial charge in [0.15, 0.2) is 17.1 Å². The zero-order valence-electron chi connectivity index (χ0n) is 13.4. The second-order valence-electron chi connectivity index (χ2n) is 6.04. The summed E-state index contributed by atoms with van der Waals surface area (Å²) in [6, 6.07) is 5.72. The molecule has 0 saturated carbocycles. The first kappa shape index (κ1) is 15.4. The number of hydrogen-bond acceptors (Lipinski definition) is 6. The molecule has 0 radical (unpaired) electrons. The molecule has 124 valence electrons. The fourth-order valence-corrected chi connectivity index (χ4v) is 3.48. The number of morpholine rings is 1. The Kier molecular flexibility index (Phi) is 3.86. The van der Waals surface area contributed by atoms with Gasteiger partial charge < -0.3 is 14.2 Å². The summed E-state index contributed by atoms with van der Waals surface area (Å²) in [7, 11) is 0. The molecule has 2 aromatic heterocycles. The van der Waals surface area contributed by atoms with E-state index in [2.05, 4.69) is 33.9 Å². The molecule has 6 nitrogen and oxygen atoms in total. The lowest BCUT2D eigenvalue weighted by Crippen LogP contribution is -2.45. The van der Waals surface area contributed by atoms with Crippen LogP contribution in [0, 0.1) is 0 Å². The van der Waals surface area contributed by atoms with Gasteiger partial charge in [-0.3, -0.25) is 0 Å². The van der Waals surface area contributed by atoms with Gasteiger partial charge in [0.05, 0.1) is 23.3 Å². The van der Waals surface area contributed by atoms with E-state index in [0.717, 1.165) is 24.2 Å². The maximum Gasteiger partial charge on any atom is 0.188 e. The van der Waals surface area contributed by atoms with Crippen LogP contribution in [0.3, 0.4) is 0 Å². The highest BCUT2D eigenvalue weighted by Gasteiger charge is 2.26. The first-order chi connectivity index (χ1) is 11.6. The van der Waals surface area contributed by atoms with E-state index < -0.39 is 0 Å². The Balaban J connectivity index is 1.77. The molecule has 2 atom stereocenters. The Morgan fingerprint density at radius 1 is 1.12 bits per heavy atom. The summed E-state index contributed by atoms with van der Waals surface area (Å²) in [5.74, 6) is 0.522. The molecular formula is C17H17ClN4O2. The van der Waals surface area contributed by atoms with Crippen LogP contribution in [0.1, 0.15) is 13.8 Å². The van der Waals surface area contributed by atoms with Gasteiger partial charge in [0.25, 0.3) is 0 Å². The summed E-state index contributed by atoms with van der Waals surface area (Å²) in [5.41, 5.74) is 2.09. The fourth-order valence-electron chi connectivity index (χ4n) is 3.16. The molecule has 0 spiro atoms. The van der Waals surface area contributed by atoms with E-state index in [0.29, 0.717) is 22.1 Å². The highest BCUT2D eigenvalue weighted by molar-refractivity contribution is 6.37. The fraction of sp³-hybridized carbons (Fsp3) is 0.353. The van der Waals surface area contributed by atoms with E-state index in [9.17, 15) is 0 Å². The molecular weight excluding hydrogens is 328 g/mol. The smallest absolute Gasteiger partial charge is 0.188 e. The molecule has 1 saturated heterocycles. The quantitative estimate of drug-likeness (QED) is 0.708. The minimum atomic E-state index is 0.156. The number of fused-ring (bicyclic) bond motifs is 1. The van der Waals surface area contributed by atoms with E-state index in [4.69, 9.17) is 20.9 Å². The third-order valence-electron chi connectivity index (χ3n) is 4.10. The molecule has 4 rings (SSSR count). The van der Waals surface area contributed by atoms with Gasteiger partial charge in [0, 0.05) is 25.5 Å². The van der Waals surface area contributed by atoms with Gasteiger partial charge in [0.1, 0.15) is 5.02 Å². The van der Waals surface area contributed by atoms with Crippen molar-refractivity contribution in [2.75, 3.05) is 18.0 Å². The first-order valence-electron chi connectivity index (χ1n) is 7.89. The van der Waals surface area contributed by atoms with Crippen LogP contribution in [0.4, 0.5) is 5.69 Å². The van der Waals surface area contributed by atoms with Crippen molar-refractivity contribution in [3.05, 3.63) is 35.6 Å². The Morgan fingerprint density at radius 2 is 1.83 bits per heavy atom. The number of ether oxygens (including phenoxy) is 1. The second kappa shape index (κ2) is 6.03. The Bertz CT molecular complexity index is 858. The van der Waals surface area contributed by atoms with Crippen molar-refractivity contribution in [3.63, 3.8) is 0 Å². The van der Waals surface area contributed by atoms with Crippen LogP contribution >= 0.6 is 11.6 Å². The van der Waals surface area contributed by atoms with Gasteiger partial charge in [-0.1, -0.05) is 16.8 Å². The van der Waals surface area contributed by atoms with E-state index in [1.807, 2.05) is 12.1 Å². The molecule has 0 unspecified atom stereocenters. The lowest BCUT2D eigenvalue weighted by atomic mass is 10.1. The summed E-state index contributed by atoms with van der Waals surface area (Å²) in [5, 5.41) is 5.48. The number of hydrogen-bond donors (Lipinski definition) is 0. The molecule has 3 aromatic rings. The van der Waals surface area contributed by atoms with Crippen LogP contribution in [0.25, 0.3) is 22.5 Å². The monoisotopic (exact) mass is 344 g/mol. The van der Waals surface area contributed by atoms with E-state index in [-0.39, 0.29) is 12.2 Å². The molecule has 24 heavy (non-hydrogen) atoms. The van der Waals surface area contributed by atoms with Crippen LogP contribution in [-0.2, 0) is 4.74 Å². The lowest BCUT2D eigenvalue weighted by Gasteiger charge is -2.37. The van der Waals surface area contributed by atoms with Crippen molar-refractivity contribution in [1.82, 2.24) is 15.1 Å². The number of halogens is 1. The van der Waals surface area contributed by atoms with Crippen LogP contribution in [0.2, 0.25) is 5.02 Å². The number of nitrogens with zero attached hydrogens (tertiary/aromatic N) is 4. The van der Waals surface area contributed by atoms with Gasteiger partial charge in [-0.15, -0.1) is 0 Å². The molecule has 1 aliphatic heterocycles. The van der Waals surface area contributed by atoms with Crippen molar-refractivity contribution in [2.45, 2.75) is 26.1 Å². The standard InChI is InChI=1S/C17H17ClN4O2/c1-10-8-22(9-11(2)23-10)13-5-4-12-15(17-19-6-3-7-20-17)21-24-16(12)14(13)18/h3-7,10-11H,8-9H2,1-2H3/t10-,11+. The Labute approximate surface area is 144 Å². The highest BCUT2D eigenvalue weighted by Crippen LogP contribution is 2.37. The summed E-state index contributed by atoms with van der Waals surface area (Å²) in [6.07, 6.45) is 3.66. The van der Waals surface area contributed by atoms with Gasteiger partial charge >= 0.3 is 0 Å². The first-order valence-corrected chi connectivity index (χ1v) is 8.27. The molecule has 0 bridgehead atoms. The third kappa shape index (κ3) is 2.61. The predicted octanol–water partition coefficient (Wildman–Crippen LogP) is 3.55.